The number of methoxy groups -OCH3 is 1. The number of imidazole rings is 2. The van der Waals surface area contributed by atoms with Crippen molar-refractivity contribution < 1.29 is 23.9 Å². The fraction of sp³-hybridized carbons (Fsp3) is 0.458. The zero-order valence-electron chi connectivity index (χ0n) is 37.2. The number of nitrogens with zero attached hydrogens (tertiary/aromatic N) is 5. The SMILES string of the molecule is COC(=O)NC(C(=O)N1CCCC1c1ncc(-c2ccc3c(c2)cc2n3C(C3=CC(C(=N)N)CC=C3)OC3=C2CCC(c2cnc(C4CCCN4C(=O)C(N)C(C)C)[nH]2)=C3)[nH]1)C(C)C. The number of carbonyl (C=O) groups excluding carboxylic acids is 3. The maximum Gasteiger partial charge on any atom is 0.407 e. The lowest BCUT2D eigenvalue weighted by Crippen LogP contribution is -2.51. The predicted octanol–water partition coefficient (Wildman–Crippen LogP) is 7.00. The summed E-state index contributed by atoms with van der Waals surface area (Å²) in [6, 6.07) is 6.93. The number of H-pyrrole nitrogens is 2. The van der Waals surface area contributed by atoms with Gasteiger partial charge < -0.3 is 50.6 Å². The van der Waals surface area contributed by atoms with Crippen LogP contribution in [-0.2, 0) is 19.1 Å². The van der Waals surface area contributed by atoms with Crippen LogP contribution < -0.4 is 16.8 Å². The molecule has 0 saturated carbocycles. The molecule has 1 aromatic carbocycles. The van der Waals surface area contributed by atoms with Crippen LogP contribution in [0.4, 0.5) is 4.79 Å². The van der Waals surface area contributed by atoms with Crippen LogP contribution >= 0.6 is 0 Å². The zero-order chi connectivity index (χ0) is 45.0. The van der Waals surface area contributed by atoms with Crippen molar-refractivity contribution in [2.24, 2.45) is 29.2 Å². The topological polar surface area (TPSA) is 226 Å². The molecule has 0 spiro atoms. The number of rotatable bonds is 11. The van der Waals surface area contributed by atoms with E-state index in [1.165, 1.54) is 7.11 Å². The minimum Gasteiger partial charge on any atom is -0.466 e. The number of carbonyl (C=O) groups is 3. The molecule has 5 aliphatic rings. The van der Waals surface area contributed by atoms with E-state index < -0.39 is 24.4 Å². The number of aromatic nitrogens is 5. The molecule has 2 aliphatic carbocycles. The minimum absolute atomic E-state index is 0.0324. The predicted molar refractivity (Wildman–Crippen MR) is 244 cm³/mol. The molecule has 0 radical (unpaired) electrons. The molecule has 6 atom stereocenters. The van der Waals surface area contributed by atoms with E-state index in [4.69, 9.17) is 36.3 Å². The Balaban J connectivity index is 1.03. The molecule has 16 nitrogen and oxygen atoms in total. The molecular formula is C48H59N11O5. The number of allylic oxidation sites excluding steroid dienone is 4. The van der Waals surface area contributed by atoms with Crippen molar-refractivity contribution in [2.75, 3.05) is 20.2 Å². The first-order chi connectivity index (χ1) is 30.8. The molecule has 336 valence electrons. The largest absolute Gasteiger partial charge is 0.466 e. The molecule has 16 heteroatoms. The number of aromatic amines is 2. The third kappa shape index (κ3) is 7.81. The minimum atomic E-state index is -0.715. The first-order valence-electron chi connectivity index (χ1n) is 22.6. The van der Waals surface area contributed by atoms with Crippen molar-refractivity contribution in [3.63, 3.8) is 0 Å². The Morgan fingerprint density at radius 1 is 0.938 bits per heavy atom. The smallest absolute Gasteiger partial charge is 0.407 e. The van der Waals surface area contributed by atoms with Crippen LogP contribution in [0.1, 0.15) is 114 Å². The molecule has 2 fully saturated rings. The quantitative estimate of drug-likeness (QED) is 0.0673. The summed E-state index contributed by atoms with van der Waals surface area (Å²) >= 11 is 0. The van der Waals surface area contributed by atoms with Gasteiger partial charge in [-0.3, -0.25) is 15.0 Å². The molecular weight excluding hydrogens is 811 g/mol. The summed E-state index contributed by atoms with van der Waals surface area (Å²) in [4.78, 5) is 59.6. The van der Waals surface area contributed by atoms with E-state index in [2.05, 4.69) is 68.4 Å². The Morgan fingerprint density at radius 2 is 1.62 bits per heavy atom. The van der Waals surface area contributed by atoms with E-state index in [0.29, 0.717) is 25.3 Å². The van der Waals surface area contributed by atoms with E-state index >= 15 is 0 Å². The van der Waals surface area contributed by atoms with Crippen LogP contribution in [0.15, 0.2) is 72.3 Å². The number of hydrogen-bond donors (Lipinski definition) is 6. The molecule has 3 aromatic heterocycles. The van der Waals surface area contributed by atoms with Crippen molar-refractivity contribution in [1.29, 1.82) is 5.41 Å². The highest BCUT2D eigenvalue weighted by Crippen LogP contribution is 2.47. The first kappa shape index (κ1) is 42.9. The van der Waals surface area contributed by atoms with Crippen molar-refractivity contribution >= 4 is 45.8 Å². The zero-order valence-corrected chi connectivity index (χ0v) is 37.2. The van der Waals surface area contributed by atoms with Gasteiger partial charge in [-0.25, -0.2) is 14.8 Å². The molecule has 0 bridgehead atoms. The van der Waals surface area contributed by atoms with Crippen molar-refractivity contribution in [1.82, 2.24) is 39.6 Å². The van der Waals surface area contributed by atoms with Crippen LogP contribution in [0, 0.1) is 23.2 Å². The molecule has 64 heavy (non-hydrogen) atoms. The molecule has 8 N–H and O–H groups in total. The third-order valence-corrected chi connectivity index (χ3v) is 13.6. The van der Waals surface area contributed by atoms with Gasteiger partial charge in [0.05, 0.1) is 66.1 Å². The van der Waals surface area contributed by atoms with Crippen LogP contribution in [-0.4, -0.2) is 90.3 Å². The lowest BCUT2D eigenvalue weighted by molar-refractivity contribution is -0.136. The third-order valence-electron chi connectivity index (χ3n) is 13.6. The van der Waals surface area contributed by atoms with Gasteiger partial charge in [-0.1, -0.05) is 52.0 Å². The summed E-state index contributed by atoms with van der Waals surface area (Å²) in [5, 5.41) is 12.0. The van der Waals surface area contributed by atoms with E-state index in [9.17, 15) is 14.4 Å². The Morgan fingerprint density at radius 3 is 2.30 bits per heavy atom. The standard InChI is InChI=1S/C48H59N11O5/c1-25(2)40(49)45(60)57-17-7-11-36(57)43-53-24-34(55-43)28-13-15-32-38-21-31-19-27(14-16-35(31)59(38)47(64-39(32)22-28)30-10-6-9-29(20-30)42(50)51)33-23-52-44(54-33)37-12-8-18-58(37)46(61)41(26(3)4)56-48(62)63-5/h6,10,14,16,19-26,29,36-37,40-41,47H,7-9,11-13,15,17-18,49H2,1-5H3,(H3,50,51)(H,52,54)(H,53,55)(H,56,62). The number of amidine groups is 1. The molecule has 3 amide bonds. The summed E-state index contributed by atoms with van der Waals surface area (Å²) in [5.74, 6) is 1.88. The number of ether oxygens (including phenoxy) is 2. The Kier molecular flexibility index (Phi) is 11.6. The van der Waals surface area contributed by atoms with Gasteiger partial charge in [-0.2, -0.15) is 0 Å². The van der Waals surface area contributed by atoms with E-state index in [-0.39, 0.29) is 47.5 Å². The van der Waals surface area contributed by atoms with Gasteiger partial charge in [0.1, 0.15) is 23.4 Å². The van der Waals surface area contributed by atoms with Gasteiger partial charge in [0.15, 0.2) is 0 Å². The van der Waals surface area contributed by atoms with Crippen molar-refractivity contribution in [2.45, 2.75) is 103 Å². The van der Waals surface area contributed by atoms with E-state index in [1.807, 2.05) is 49.9 Å². The summed E-state index contributed by atoms with van der Waals surface area (Å²) in [7, 11) is 1.29. The Labute approximate surface area is 372 Å². The van der Waals surface area contributed by atoms with E-state index in [1.54, 1.807) is 0 Å². The molecule has 9 rings (SSSR count). The van der Waals surface area contributed by atoms with Gasteiger partial charge in [0.25, 0.3) is 0 Å². The number of likely N-dealkylation sites (tertiary alicyclic amines) is 2. The highest BCUT2D eigenvalue weighted by Gasteiger charge is 2.39. The lowest BCUT2D eigenvalue weighted by atomic mass is 9.91. The average molecular weight is 870 g/mol. The number of nitrogens with one attached hydrogen (secondary N) is 4. The maximum absolute atomic E-state index is 13.8. The van der Waals surface area contributed by atoms with Gasteiger partial charge in [0.2, 0.25) is 18.0 Å². The highest BCUT2D eigenvalue weighted by atomic mass is 16.5. The van der Waals surface area contributed by atoms with Gasteiger partial charge >= 0.3 is 6.09 Å². The number of benzene rings is 1. The summed E-state index contributed by atoms with van der Waals surface area (Å²) in [6.45, 7) is 8.99. The number of hydrogen-bond acceptors (Lipinski definition) is 9. The normalized spacial score (nSPS) is 22.9. The van der Waals surface area contributed by atoms with Crippen LogP contribution in [0.25, 0.3) is 33.3 Å². The second kappa shape index (κ2) is 17.3. The number of fused-ring (bicyclic) bond motifs is 4. The van der Waals surface area contributed by atoms with Crippen molar-refractivity contribution in [3.8, 4) is 11.3 Å². The highest BCUT2D eigenvalue weighted by molar-refractivity contribution is 5.92. The molecule has 3 aliphatic heterocycles. The monoisotopic (exact) mass is 869 g/mol. The molecule has 4 aromatic rings. The Bertz CT molecular complexity index is 2630. The number of alkyl carbamates (subject to hydrolysis) is 1. The van der Waals surface area contributed by atoms with Crippen molar-refractivity contribution in [3.05, 3.63) is 95.3 Å². The fourth-order valence-corrected chi connectivity index (χ4v) is 9.95. The molecule has 6 heterocycles. The number of amides is 3. The van der Waals surface area contributed by atoms with Gasteiger partial charge in [0, 0.05) is 41.1 Å². The molecule has 2 saturated heterocycles. The maximum atomic E-state index is 13.8. The lowest BCUT2D eigenvalue weighted by Gasteiger charge is -2.34. The summed E-state index contributed by atoms with van der Waals surface area (Å²) in [5.41, 5.74) is 20.2. The van der Waals surface area contributed by atoms with Crippen LogP contribution in [0.5, 0.6) is 0 Å². The van der Waals surface area contributed by atoms with Gasteiger partial charge in [-0.15, -0.1) is 0 Å². The number of nitrogens with two attached hydrogens (primary N) is 2. The summed E-state index contributed by atoms with van der Waals surface area (Å²) < 4.78 is 14.1. The van der Waals surface area contributed by atoms with E-state index in [0.717, 1.165) is 100 Å². The van der Waals surface area contributed by atoms with Crippen LogP contribution in [0.3, 0.4) is 0 Å². The Hall–Kier alpha value is -6.42. The first-order valence-corrected chi connectivity index (χ1v) is 22.6. The fourth-order valence-electron chi connectivity index (χ4n) is 9.95. The van der Waals surface area contributed by atoms with Crippen LogP contribution in [0.2, 0.25) is 0 Å². The second-order valence-corrected chi connectivity index (χ2v) is 18.4. The molecule has 6 unspecified atom stereocenters. The summed E-state index contributed by atoms with van der Waals surface area (Å²) in [6.07, 6.45) is 16.3. The van der Waals surface area contributed by atoms with Gasteiger partial charge in [-0.05, 0) is 86.6 Å². The second-order valence-electron chi connectivity index (χ2n) is 18.4. The average Bonchev–Trinajstić information content (AvgIpc) is 4.16.